The van der Waals surface area contributed by atoms with Crippen LogP contribution in [0.2, 0.25) is 5.02 Å². The number of amides is 1. The molecule has 3 rings (SSSR count). The Hall–Kier alpha value is -2.38. The third-order valence-electron chi connectivity index (χ3n) is 6.46. The second-order valence-electron chi connectivity index (χ2n) is 9.52. The zero-order chi connectivity index (χ0) is 25.7. The van der Waals surface area contributed by atoms with Gasteiger partial charge in [-0.3, -0.25) is 4.79 Å². The third-order valence-corrected chi connectivity index (χ3v) is 7.66. The van der Waals surface area contributed by atoms with E-state index in [1.165, 1.54) is 6.07 Å². The summed E-state index contributed by atoms with van der Waals surface area (Å²) in [6, 6.07) is 9.75. The second kappa shape index (κ2) is 12.0. The molecule has 188 valence electrons. The molecule has 0 radical (unpaired) electrons. The van der Waals surface area contributed by atoms with Crippen LogP contribution >= 0.6 is 27.5 Å². The Morgan fingerprint density at radius 2 is 1.77 bits per heavy atom. The van der Waals surface area contributed by atoms with E-state index in [0.717, 1.165) is 24.8 Å². The van der Waals surface area contributed by atoms with E-state index >= 15 is 0 Å². The molecule has 1 aliphatic carbocycles. The first-order valence-electron chi connectivity index (χ1n) is 11.8. The highest BCUT2D eigenvalue weighted by molar-refractivity contribution is 9.10. The summed E-state index contributed by atoms with van der Waals surface area (Å²) in [7, 11) is 0. The van der Waals surface area contributed by atoms with Crippen molar-refractivity contribution in [2.24, 2.45) is 17.8 Å². The molecule has 0 spiro atoms. The third kappa shape index (κ3) is 7.07. The van der Waals surface area contributed by atoms with E-state index in [1.807, 2.05) is 6.92 Å². The van der Waals surface area contributed by atoms with E-state index in [4.69, 9.17) is 21.1 Å². The SMILES string of the molecule is Cc1cc(Br)c(Cl)cc1NC(=O)COC(=O)c1ccccc1C(=O)O[C@@H]1C[C@@H](C)CC[C@@H]1C(C)C. The van der Waals surface area contributed by atoms with Crippen molar-refractivity contribution >= 4 is 51.1 Å². The summed E-state index contributed by atoms with van der Waals surface area (Å²) >= 11 is 9.43. The van der Waals surface area contributed by atoms with Crippen LogP contribution in [0.25, 0.3) is 0 Å². The van der Waals surface area contributed by atoms with Gasteiger partial charge < -0.3 is 14.8 Å². The molecule has 1 saturated carbocycles. The minimum Gasteiger partial charge on any atom is -0.458 e. The molecule has 1 amide bonds. The van der Waals surface area contributed by atoms with E-state index in [9.17, 15) is 14.4 Å². The summed E-state index contributed by atoms with van der Waals surface area (Å²) in [6.07, 6.45) is 2.75. The molecule has 0 bridgehead atoms. The molecular formula is C27H31BrClNO5. The highest BCUT2D eigenvalue weighted by atomic mass is 79.9. The minimum absolute atomic E-state index is 0.0677. The lowest BCUT2D eigenvalue weighted by Crippen LogP contribution is -2.36. The smallest absolute Gasteiger partial charge is 0.339 e. The molecule has 0 saturated heterocycles. The fourth-order valence-electron chi connectivity index (χ4n) is 4.47. The normalized spacial score (nSPS) is 19.8. The number of rotatable bonds is 7. The van der Waals surface area contributed by atoms with E-state index in [-0.39, 0.29) is 23.1 Å². The highest BCUT2D eigenvalue weighted by Crippen LogP contribution is 2.36. The molecule has 2 aromatic rings. The van der Waals surface area contributed by atoms with Crippen molar-refractivity contribution in [1.29, 1.82) is 0 Å². The number of carbonyl (C=O) groups excluding carboxylic acids is 3. The molecule has 1 fully saturated rings. The minimum atomic E-state index is -0.768. The van der Waals surface area contributed by atoms with Gasteiger partial charge in [-0.25, -0.2) is 9.59 Å². The average Bonchev–Trinajstić information content (AvgIpc) is 2.80. The van der Waals surface area contributed by atoms with Crippen LogP contribution in [-0.2, 0) is 14.3 Å². The summed E-state index contributed by atoms with van der Waals surface area (Å²) in [4.78, 5) is 38.2. The van der Waals surface area contributed by atoms with Gasteiger partial charge in [0.1, 0.15) is 6.10 Å². The van der Waals surface area contributed by atoms with Gasteiger partial charge in [0.05, 0.1) is 16.1 Å². The first-order valence-corrected chi connectivity index (χ1v) is 13.0. The van der Waals surface area contributed by atoms with Crippen LogP contribution in [0, 0.1) is 24.7 Å². The second-order valence-corrected chi connectivity index (χ2v) is 10.8. The van der Waals surface area contributed by atoms with E-state index in [1.54, 1.807) is 30.3 Å². The van der Waals surface area contributed by atoms with Gasteiger partial charge in [-0.1, -0.05) is 50.9 Å². The molecule has 2 aromatic carbocycles. The molecule has 3 atom stereocenters. The summed E-state index contributed by atoms with van der Waals surface area (Å²) in [5.74, 6) is -0.680. The van der Waals surface area contributed by atoms with Crippen LogP contribution in [0.3, 0.4) is 0 Å². The largest absolute Gasteiger partial charge is 0.458 e. The van der Waals surface area contributed by atoms with Crippen LogP contribution in [0.15, 0.2) is 40.9 Å². The average molecular weight is 565 g/mol. The number of nitrogens with one attached hydrogen (secondary N) is 1. The molecule has 0 unspecified atom stereocenters. The van der Waals surface area contributed by atoms with E-state index in [0.29, 0.717) is 27.0 Å². The van der Waals surface area contributed by atoms with Gasteiger partial charge in [-0.2, -0.15) is 0 Å². The van der Waals surface area contributed by atoms with Crippen LogP contribution in [0.1, 0.15) is 66.3 Å². The number of halogens is 2. The molecule has 0 aromatic heterocycles. The molecule has 1 aliphatic rings. The van der Waals surface area contributed by atoms with Gasteiger partial charge in [0.2, 0.25) is 0 Å². The van der Waals surface area contributed by atoms with Gasteiger partial charge in [0, 0.05) is 10.2 Å². The fraction of sp³-hybridized carbons (Fsp3) is 0.444. The van der Waals surface area contributed by atoms with Gasteiger partial charge in [0.15, 0.2) is 6.61 Å². The molecule has 0 aliphatic heterocycles. The van der Waals surface area contributed by atoms with Gasteiger partial charge in [-0.15, -0.1) is 0 Å². The number of hydrogen-bond acceptors (Lipinski definition) is 5. The fourth-order valence-corrected chi connectivity index (χ4v) is 5.09. The summed E-state index contributed by atoms with van der Waals surface area (Å²) in [5.41, 5.74) is 1.52. The number of ether oxygens (including phenoxy) is 2. The Morgan fingerprint density at radius 3 is 2.43 bits per heavy atom. The Labute approximate surface area is 219 Å². The van der Waals surface area contributed by atoms with Gasteiger partial charge in [0.25, 0.3) is 5.91 Å². The van der Waals surface area contributed by atoms with Crippen LogP contribution < -0.4 is 5.32 Å². The van der Waals surface area contributed by atoms with Crippen LogP contribution in [0.5, 0.6) is 0 Å². The number of benzene rings is 2. The maximum absolute atomic E-state index is 13.1. The standard InChI is InChI=1S/C27H31BrClNO5/c1-15(2)18-10-9-16(3)11-24(18)35-27(33)20-8-6-5-7-19(20)26(32)34-14-25(31)30-23-13-22(29)21(28)12-17(23)4/h5-8,12-13,15-16,18,24H,9-11,14H2,1-4H3,(H,30,31)/t16-,18+,24+/m0/s1. The quantitative estimate of drug-likeness (QED) is 0.373. The van der Waals surface area contributed by atoms with Crippen molar-refractivity contribution in [3.05, 3.63) is 62.6 Å². The zero-order valence-corrected chi connectivity index (χ0v) is 22.7. The van der Waals surface area contributed by atoms with Crippen molar-refractivity contribution in [1.82, 2.24) is 0 Å². The first-order chi connectivity index (χ1) is 16.6. The summed E-state index contributed by atoms with van der Waals surface area (Å²) < 4.78 is 11.8. The number of carbonyl (C=O) groups is 3. The topological polar surface area (TPSA) is 81.7 Å². The van der Waals surface area contributed by atoms with Gasteiger partial charge >= 0.3 is 11.9 Å². The maximum atomic E-state index is 13.1. The Bertz CT molecular complexity index is 1100. The molecule has 1 N–H and O–H groups in total. The Balaban J connectivity index is 1.65. The highest BCUT2D eigenvalue weighted by Gasteiger charge is 2.34. The van der Waals surface area contributed by atoms with Crippen molar-refractivity contribution in [3.63, 3.8) is 0 Å². The van der Waals surface area contributed by atoms with Crippen molar-refractivity contribution in [3.8, 4) is 0 Å². The molecule has 35 heavy (non-hydrogen) atoms. The van der Waals surface area contributed by atoms with Gasteiger partial charge in [-0.05, 0) is 83.3 Å². The molecular weight excluding hydrogens is 534 g/mol. The molecule has 0 heterocycles. The first kappa shape index (κ1) is 27.2. The molecule has 8 heteroatoms. The maximum Gasteiger partial charge on any atom is 0.339 e. The predicted octanol–water partition coefficient (Wildman–Crippen LogP) is 6.82. The van der Waals surface area contributed by atoms with E-state index < -0.39 is 24.5 Å². The molecule has 6 nitrogen and oxygen atoms in total. The number of anilines is 1. The monoisotopic (exact) mass is 563 g/mol. The Morgan fingerprint density at radius 1 is 1.11 bits per heavy atom. The lowest BCUT2D eigenvalue weighted by atomic mass is 9.75. The lowest BCUT2D eigenvalue weighted by Gasteiger charge is -2.36. The van der Waals surface area contributed by atoms with Crippen molar-refractivity contribution < 1.29 is 23.9 Å². The lowest BCUT2D eigenvalue weighted by molar-refractivity contribution is -0.119. The van der Waals surface area contributed by atoms with Crippen LogP contribution in [-0.4, -0.2) is 30.6 Å². The summed E-state index contributed by atoms with van der Waals surface area (Å²) in [5, 5.41) is 3.13. The number of aryl methyl sites for hydroxylation is 1. The zero-order valence-electron chi connectivity index (χ0n) is 20.4. The van der Waals surface area contributed by atoms with Crippen LogP contribution in [0.4, 0.5) is 5.69 Å². The predicted molar refractivity (Wildman–Crippen MR) is 140 cm³/mol. The van der Waals surface area contributed by atoms with E-state index in [2.05, 4.69) is 42.0 Å². The number of hydrogen-bond donors (Lipinski definition) is 1. The number of esters is 2. The van der Waals surface area contributed by atoms with Crippen molar-refractivity contribution in [2.45, 2.75) is 53.1 Å². The Kier molecular flexibility index (Phi) is 9.36. The van der Waals surface area contributed by atoms with Crippen molar-refractivity contribution in [2.75, 3.05) is 11.9 Å². The summed E-state index contributed by atoms with van der Waals surface area (Å²) in [6.45, 7) is 7.76.